The molecule has 94 valence electrons. The van der Waals surface area contributed by atoms with Gasteiger partial charge in [-0.25, -0.2) is 9.18 Å². The summed E-state index contributed by atoms with van der Waals surface area (Å²) >= 11 is 5.90. The molecule has 0 radical (unpaired) electrons. The first-order valence-electron chi connectivity index (χ1n) is 5.16. The maximum absolute atomic E-state index is 12.9. The smallest absolute Gasteiger partial charge is 0.358 e. The number of methoxy groups -OCH3 is 1. The van der Waals surface area contributed by atoms with E-state index in [0.29, 0.717) is 11.6 Å². The Morgan fingerprint density at radius 3 is 2.94 bits per heavy atom. The summed E-state index contributed by atoms with van der Waals surface area (Å²) in [7, 11) is 1.29. The molecule has 0 spiro atoms. The minimum atomic E-state index is -0.501. The Bertz CT molecular complexity index is 583. The number of rotatable bonds is 3. The summed E-state index contributed by atoms with van der Waals surface area (Å²) in [6.45, 7) is 0.357. The molecule has 2 rings (SSSR count). The number of aromatic nitrogens is 2. The zero-order valence-electron chi connectivity index (χ0n) is 9.56. The van der Waals surface area contributed by atoms with Crippen LogP contribution in [0, 0.1) is 5.82 Å². The minimum absolute atomic E-state index is 0.218. The summed E-state index contributed by atoms with van der Waals surface area (Å²) in [4.78, 5) is 11.2. The van der Waals surface area contributed by atoms with Gasteiger partial charge in [0, 0.05) is 11.2 Å². The average molecular weight is 269 g/mol. The number of ether oxygens (including phenoxy) is 1. The van der Waals surface area contributed by atoms with Crippen LogP contribution in [-0.4, -0.2) is 22.9 Å². The third-order valence-corrected chi connectivity index (χ3v) is 2.73. The van der Waals surface area contributed by atoms with Crippen LogP contribution in [0.4, 0.5) is 4.39 Å². The molecule has 0 unspecified atom stereocenters. The largest absolute Gasteiger partial charge is 0.464 e. The number of nitrogens with zero attached hydrogens (tertiary/aromatic N) is 2. The molecule has 0 amide bonds. The molecular weight excluding hydrogens is 259 g/mol. The molecule has 0 fully saturated rings. The van der Waals surface area contributed by atoms with Crippen molar-refractivity contribution >= 4 is 17.6 Å². The Labute approximate surface area is 108 Å². The van der Waals surface area contributed by atoms with Crippen molar-refractivity contribution in [3.63, 3.8) is 0 Å². The second kappa shape index (κ2) is 5.18. The number of hydrogen-bond acceptors (Lipinski definition) is 3. The average Bonchev–Trinajstić information content (AvgIpc) is 2.80. The van der Waals surface area contributed by atoms with E-state index in [9.17, 15) is 9.18 Å². The zero-order chi connectivity index (χ0) is 13.1. The lowest BCUT2D eigenvalue weighted by atomic mass is 10.2. The number of carbonyl (C=O) groups excluding carboxylic acids is 1. The fraction of sp³-hybridized carbons (Fsp3) is 0.167. The molecule has 1 aromatic carbocycles. The fourth-order valence-corrected chi connectivity index (χ4v) is 1.71. The van der Waals surface area contributed by atoms with Gasteiger partial charge in [0.15, 0.2) is 5.69 Å². The van der Waals surface area contributed by atoms with Crippen LogP contribution in [0.25, 0.3) is 0 Å². The lowest BCUT2D eigenvalue weighted by Gasteiger charge is -2.04. The summed E-state index contributed by atoms with van der Waals surface area (Å²) in [6.07, 6.45) is 1.63. The van der Waals surface area contributed by atoms with Crippen LogP contribution in [0.1, 0.15) is 16.1 Å². The predicted octanol–water partition coefficient (Wildman–Crippen LogP) is 2.51. The van der Waals surface area contributed by atoms with Crippen LogP contribution >= 0.6 is 11.6 Å². The van der Waals surface area contributed by atoms with E-state index in [-0.39, 0.29) is 11.5 Å². The summed E-state index contributed by atoms with van der Waals surface area (Å²) < 4.78 is 19.0. The molecule has 0 bridgehead atoms. The highest BCUT2D eigenvalue weighted by Crippen LogP contribution is 2.18. The minimum Gasteiger partial charge on any atom is -0.464 e. The van der Waals surface area contributed by atoms with Crippen molar-refractivity contribution in [2.45, 2.75) is 6.54 Å². The first-order valence-corrected chi connectivity index (χ1v) is 5.53. The zero-order valence-corrected chi connectivity index (χ0v) is 10.3. The van der Waals surface area contributed by atoms with Crippen molar-refractivity contribution in [1.82, 2.24) is 9.78 Å². The van der Waals surface area contributed by atoms with Gasteiger partial charge in [0.1, 0.15) is 5.82 Å². The van der Waals surface area contributed by atoms with Crippen LogP contribution in [-0.2, 0) is 11.3 Å². The van der Waals surface area contributed by atoms with Gasteiger partial charge < -0.3 is 4.74 Å². The van der Waals surface area contributed by atoms with Crippen molar-refractivity contribution < 1.29 is 13.9 Å². The molecule has 0 aliphatic carbocycles. The van der Waals surface area contributed by atoms with E-state index in [0.717, 1.165) is 5.56 Å². The number of carbonyl (C=O) groups is 1. The summed E-state index contributed by atoms with van der Waals surface area (Å²) in [6, 6.07) is 5.69. The second-order valence-electron chi connectivity index (χ2n) is 3.63. The number of hydrogen-bond donors (Lipinski definition) is 0. The van der Waals surface area contributed by atoms with E-state index >= 15 is 0 Å². The molecular formula is C12H10ClFN2O2. The van der Waals surface area contributed by atoms with Crippen LogP contribution in [0.3, 0.4) is 0 Å². The van der Waals surface area contributed by atoms with E-state index in [4.69, 9.17) is 11.6 Å². The Hall–Kier alpha value is -1.88. The van der Waals surface area contributed by atoms with Gasteiger partial charge in [0.2, 0.25) is 0 Å². The molecule has 2 aromatic rings. The van der Waals surface area contributed by atoms with E-state index < -0.39 is 5.97 Å². The summed E-state index contributed by atoms with van der Waals surface area (Å²) in [5, 5.41) is 4.35. The van der Waals surface area contributed by atoms with E-state index in [1.807, 2.05) is 0 Å². The number of benzene rings is 1. The Balaban J connectivity index is 2.18. The third kappa shape index (κ3) is 2.68. The topological polar surface area (TPSA) is 44.1 Å². The molecule has 0 saturated heterocycles. The van der Waals surface area contributed by atoms with Gasteiger partial charge in [-0.2, -0.15) is 5.10 Å². The van der Waals surface area contributed by atoms with E-state index in [2.05, 4.69) is 9.84 Å². The van der Waals surface area contributed by atoms with Crippen molar-refractivity contribution in [1.29, 1.82) is 0 Å². The predicted molar refractivity (Wildman–Crippen MR) is 64.1 cm³/mol. The molecule has 0 aliphatic heterocycles. The molecule has 0 atom stereocenters. The Morgan fingerprint density at radius 1 is 1.50 bits per heavy atom. The molecule has 0 N–H and O–H groups in total. The van der Waals surface area contributed by atoms with Gasteiger partial charge in [-0.15, -0.1) is 0 Å². The third-order valence-electron chi connectivity index (χ3n) is 2.38. The van der Waals surface area contributed by atoms with Crippen molar-refractivity contribution in [3.05, 3.63) is 52.6 Å². The van der Waals surface area contributed by atoms with Gasteiger partial charge in [0.25, 0.3) is 0 Å². The van der Waals surface area contributed by atoms with E-state index in [1.54, 1.807) is 18.3 Å². The second-order valence-corrected chi connectivity index (χ2v) is 4.03. The molecule has 1 heterocycles. The number of halogens is 2. The number of esters is 1. The van der Waals surface area contributed by atoms with Crippen LogP contribution in [0.5, 0.6) is 0 Å². The van der Waals surface area contributed by atoms with Crippen molar-refractivity contribution in [2.24, 2.45) is 0 Å². The maximum Gasteiger partial charge on any atom is 0.358 e. The molecule has 4 nitrogen and oxygen atoms in total. The SMILES string of the molecule is COC(=O)c1ccn(Cc2ccc(F)cc2Cl)n1. The molecule has 0 aliphatic rings. The molecule has 18 heavy (non-hydrogen) atoms. The normalized spacial score (nSPS) is 10.4. The monoisotopic (exact) mass is 268 g/mol. The molecule has 0 saturated carbocycles. The van der Waals surface area contributed by atoms with Gasteiger partial charge in [-0.3, -0.25) is 4.68 Å². The van der Waals surface area contributed by atoms with Gasteiger partial charge in [-0.1, -0.05) is 17.7 Å². The Kier molecular flexibility index (Phi) is 3.62. The van der Waals surface area contributed by atoms with Crippen LogP contribution < -0.4 is 0 Å². The molecule has 1 aromatic heterocycles. The Morgan fingerprint density at radius 2 is 2.28 bits per heavy atom. The van der Waals surface area contributed by atoms with E-state index in [1.165, 1.54) is 23.9 Å². The van der Waals surface area contributed by atoms with Crippen molar-refractivity contribution in [3.8, 4) is 0 Å². The first-order chi connectivity index (χ1) is 8.60. The van der Waals surface area contributed by atoms with Gasteiger partial charge in [0.05, 0.1) is 13.7 Å². The lowest BCUT2D eigenvalue weighted by Crippen LogP contribution is -2.06. The summed E-state index contributed by atoms with van der Waals surface area (Å²) in [5.74, 6) is -0.890. The highest BCUT2D eigenvalue weighted by atomic mass is 35.5. The van der Waals surface area contributed by atoms with Gasteiger partial charge >= 0.3 is 5.97 Å². The fourth-order valence-electron chi connectivity index (χ4n) is 1.49. The quantitative estimate of drug-likeness (QED) is 0.804. The molecule has 6 heteroatoms. The van der Waals surface area contributed by atoms with Gasteiger partial charge in [-0.05, 0) is 23.8 Å². The van der Waals surface area contributed by atoms with Crippen LogP contribution in [0.15, 0.2) is 30.5 Å². The highest BCUT2D eigenvalue weighted by Gasteiger charge is 2.10. The van der Waals surface area contributed by atoms with Crippen LogP contribution in [0.2, 0.25) is 5.02 Å². The summed E-state index contributed by atoms with van der Waals surface area (Å²) in [5.41, 5.74) is 0.938. The first kappa shape index (κ1) is 12.6. The highest BCUT2D eigenvalue weighted by molar-refractivity contribution is 6.31. The standard InChI is InChI=1S/C12H10ClFN2O2/c1-18-12(17)11-4-5-16(15-11)7-8-2-3-9(14)6-10(8)13/h2-6H,7H2,1H3. The lowest BCUT2D eigenvalue weighted by molar-refractivity contribution is 0.0593. The van der Waals surface area contributed by atoms with Crippen molar-refractivity contribution in [2.75, 3.05) is 7.11 Å². The maximum atomic E-state index is 12.9.